The number of anilines is 1. The molecule has 1 aliphatic heterocycles. The third-order valence-corrected chi connectivity index (χ3v) is 6.12. The van der Waals surface area contributed by atoms with Gasteiger partial charge < -0.3 is 20.7 Å². The second kappa shape index (κ2) is 9.24. The number of hydrogen-bond acceptors (Lipinski definition) is 5. The fourth-order valence-corrected chi connectivity index (χ4v) is 4.66. The Morgan fingerprint density at radius 1 is 1.17 bits per heavy atom. The third kappa shape index (κ3) is 4.68. The van der Waals surface area contributed by atoms with Gasteiger partial charge in [0.2, 0.25) is 5.88 Å². The van der Waals surface area contributed by atoms with Gasteiger partial charge in [0, 0.05) is 18.8 Å². The second-order valence-electron chi connectivity index (χ2n) is 8.17. The van der Waals surface area contributed by atoms with Crippen LogP contribution in [0.4, 0.5) is 5.69 Å². The Morgan fingerprint density at radius 3 is 2.55 bits per heavy atom. The molecule has 0 radical (unpaired) electrons. The standard InChI is InChI=1S/C21H30N4O4/c1-13-8-9-16(14-6-4-3-5-7-14)25(12-13)21(28)19(27)24-15-10-11-23-20(29-2)17(15)18(22)26/h10-11,13-14,16H,3-9,12H2,1-2H3,(H2,22,26)(H,23,24,27)/t13-,16-/m0/s1. The smallest absolute Gasteiger partial charge is 0.313 e. The predicted octanol–water partition coefficient (Wildman–Crippen LogP) is 2.33. The average molecular weight is 402 g/mol. The number of nitrogens with zero attached hydrogens (tertiary/aromatic N) is 2. The Morgan fingerprint density at radius 2 is 1.90 bits per heavy atom. The first-order valence-electron chi connectivity index (χ1n) is 10.4. The predicted molar refractivity (Wildman–Crippen MR) is 108 cm³/mol. The zero-order valence-electron chi connectivity index (χ0n) is 17.1. The number of methoxy groups -OCH3 is 1. The van der Waals surface area contributed by atoms with E-state index < -0.39 is 17.7 Å². The van der Waals surface area contributed by atoms with Crippen molar-refractivity contribution in [1.29, 1.82) is 0 Å². The van der Waals surface area contributed by atoms with Crippen molar-refractivity contribution < 1.29 is 19.1 Å². The molecule has 3 rings (SSSR count). The summed E-state index contributed by atoms with van der Waals surface area (Å²) in [7, 11) is 1.36. The number of carbonyl (C=O) groups is 3. The summed E-state index contributed by atoms with van der Waals surface area (Å²) in [5.41, 5.74) is 5.50. The number of likely N-dealkylation sites (tertiary alicyclic amines) is 1. The van der Waals surface area contributed by atoms with Crippen LogP contribution in [0.25, 0.3) is 0 Å². The number of nitrogens with two attached hydrogens (primary N) is 1. The number of primary amides is 1. The summed E-state index contributed by atoms with van der Waals surface area (Å²) in [5.74, 6) is -1.29. The van der Waals surface area contributed by atoms with Crippen LogP contribution in [0.3, 0.4) is 0 Å². The third-order valence-electron chi connectivity index (χ3n) is 6.12. The Balaban J connectivity index is 1.79. The highest BCUT2D eigenvalue weighted by atomic mass is 16.5. The highest BCUT2D eigenvalue weighted by Crippen LogP contribution is 2.35. The average Bonchev–Trinajstić information content (AvgIpc) is 2.73. The van der Waals surface area contributed by atoms with Gasteiger partial charge in [0.15, 0.2) is 0 Å². The van der Waals surface area contributed by atoms with E-state index in [0.29, 0.717) is 18.4 Å². The zero-order chi connectivity index (χ0) is 21.0. The van der Waals surface area contributed by atoms with Gasteiger partial charge in [-0.1, -0.05) is 26.2 Å². The number of hydrogen-bond donors (Lipinski definition) is 2. The fraction of sp³-hybridized carbons (Fsp3) is 0.619. The molecule has 0 aromatic carbocycles. The van der Waals surface area contributed by atoms with Gasteiger partial charge in [0.1, 0.15) is 5.56 Å². The summed E-state index contributed by atoms with van der Waals surface area (Å²) in [5, 5.41) is 2.55. The van der Waals surface area contributed by atoms with Crippen molar-refractivity contribution >= 4 is 23.4 Å². The molecule has 2 aliphatic rings. The summed E-state index contributed by atoms with van der Waals surface area (Å²) >= 11 is 0. The molecule has 3 amide bonds. The Bertz CT molecular complexity index is 776. The zero-order valence-corrected chi connectivity index (χ0v) is 17.1. The number of piperidine rings is 1. The summed E-state index contributed by atoms with van der Waals surface area (Å²) < 4.78 is 5.06. The van der Waals surface area contributed by atoms with E-state index in [9.17, 15) is 14.4 Å². The summed E-state index contributed by atoms with van der Waals surface area (Å²) in [4.78, 5) is 43.4. The quantitative estimate of drug-likeness (QED) is 0.750. The molecule has 1 saturated carbocycles. The van der Waals surface area contributed by atoms with Crippen LogP contribution < -0.4 is 15.8 Å². The highest BCUT2D eigenvalue weighted by Gasteiger charge is 2.38. The molecular weight excluding hydrogens is 372 g/mol. The molecule has 1 aromatic heterocycles. The van der Waals surface area contributed by atoms with E-state index in [1.54, 1.807) is 4.90 Å². The lowest BCUT2D eigenvalue weighted by atomic mass is 9.78. The van der Waals surface area contributed by atoms with E-state index >= 15 is 0 Å². The lowest BCUT2D eigenvalue weighted by Gasteiger charge is -2.43. The van der Waals surface area contributed by atoms with Crippen molar-refractivity contribution in [2.24, 2.45) is 17.6 Å². The van der Waals surface area contributed by atoms with Crippen molar-refractivity contribution in [2.75, 3.05) is 19.0 Å². The minimum Gasteiger partial charge on any atom is -0.480 e. The van der Waals surface area contributed by atoms with Crippen molar-refractivity contribution in [2.45, 2.75) is 57.9 Å². The maximum Gasteiger partial charge on any atom is 0.313 e. The largest absolute Gasteiger partial charge is 0.480 e. The van der Waals surface area contributed by atoms with E-state index in [1.807, 2.05) is 0 Å². The summed E-state index contributed by atoms with van der Waals surface area (Å²) in [6.45, 7) is 2.68. The van der Waals surface area contributed by atoms with E-state index in [1.165, 1.54) is 38.6 Å². The SMILES string of the molecule is COc1nccc(NC(=O)C(=O)N2C[C@@H](C)CC[C@H]2C2CCCCC2)c1C(N)=O. The van der Waals surface area contributed by atoms with Gasteiger partial charge in [-0.2, -0.15) is 0 Å². The van der Waals surface area contributed by atoms with Crippen LogP contribution in [-0.2, 0) is 9.59 Å². The van der Waals surface area contributed by atoms with Gasteiger partial charge in [-0.05, 0) is 43.6 Å². The lowest BCUT2D eigenvalue weighted by Crippen LogP contribution is -2.53. The van der Waals surface area contributed by atoms with Gasteiger partial charge in [0.05, 0.1) is 12.8 Å². The highest BCUT2D eigenvalue weighted by molar-refractivity contribution is 6.40. The molecule has 1 saturated heterocycles. The van der Waals surface area contributed by atoms with Crippen LogP contribution in [0, 0.1) is 11.8 Å². The molecular formula is C21H30N4O4. The number of rotatable bonds is 4. The minimum atomic E-state index is -0.788. The Kier molecular flexibility index (Phi) is 6.71. The van der Waals surface area contributed by atoms with Crippen molar-refractivity contribution in [3.05, 3.63) is 17.8 Å². The van der Waals surface area contributed by atoms with Crippen LogP contribution in [-0.4, -0.2) is 47.3 Å². The normalized spacial score (nSPS) is 22.8. The van der Waals surface area contributed by atoms with Crippen LogP contribution >= 0.6 is 0 Å². The maximum atomic E-state index is 13.1. The number of aromatic nitrogens is 1. The molecule has 3 N–H and O–H groups in total. The molecule has 1 aromatic rings. The molecule has 8 heteroatoms. The van der Waals surface area contributed by atoms with Crippen LogP contribution in [0.1, 0.15) is 62.2 Å². The molecule has 158 valence electrons. The van der Waals surface area contributed by atoms with Gasteiger partial charge in [-0.15, -0.1) is 0 Å². The first kappa shape index (κ1) is 21.1. The monoisotopic (exact) mass is 402 g/mol. The lowest BCUT2D eigenvalue weighted by molar-refractivity contribution is -0.147. The number of nitrogens with one attached hydrogen (secondary N) is 1. The molecule has 0 spiro atoms. The van der Waals surface area contributed by atoms with Crippen molar-refractivity contribution in [1.82, 2.24) is 9.88 Å². The van der Waals surface area contributed by atoms with E-state index in [-0.39, 0.29) is 23.2 Å². The molecule has 0 unspecified atom stereocenters. The number of ether oxygens (including phenoxy) is 1. The first-order valence-corrected chi connectivity index (χ1v) is 10.4. The Labute approximate surface area is 171 Å². The molecule has 2 heterocycles. The summed E-state index contributed by atoms with van der Waals surface area (Å²) in [6, 6.07) is 1.54. The molecule has 1 aliphatic carbocycles. The van der Waals surface area contributed by atoms with Gasteiger partial charge in [-0.25, -0.2) is 4.98 Å². The first-order chi connectivity index (χ1) is 13.9. The molecule has 2 fully saturated rings. The second-order valence-corrected chi connectivity index (χ2v) is 8.17. The maximum absolute atomic E-state index is 13.1. The van der Waals surface area contributed by atoms with Crippen LogP contribution in [0.5, 0.6) is 5.88 Å². The molecule has 8 nitrogen and oxygen atoms in total. The molecule has 2 atom stereocenters. The van der Waals surface area contributed by atoms with Crippen molar-refractivity contribution in [3.8, 4) is 5.88 Å². The molecule has 0 bridgehead atoms. The summed E-state index contributed by atoms with van der Waals surface area (Å²) in [6.07, 6.45) is 9.22. The fourth-order valence-electron chi connectivity index (χ4n) is 4.66. The Hall–Kier alpha value is -2.64. The van der Waals surface area contributed by atoms with E-state index in [0.717, 1.165) is 25.7 Å². The van der Waals surface area contributed by atoms with E-state index in [2.05, 4.69) is 17.2 Å². The number of amides is 3. The minimum absolute atomic E-state index is 0.00873. The van der Waals surface area contributed by atoms with Gasteiger partial charge in [-0.3, -0.25) is 14.4 Å². The van der Waals surface area contributed by atoms with Crippen LogP contribution in [0.15, 0.2) is 12.3 Å². The van der Waals surface area contributed by atoms with Gasteiger partial charge >= 0.3 is 11.8 Å². The van der Waals surface area contributed by atoms with Crippen LogP contribution in [0.2, 0.25) is 0 Å². The molecule has 29 heavy (non-hydrogen) atoms. The van der Waals surface area contributed by atoms with E-state index in [4.69, 9.17) is 10.5 Å². The topological polar surface area (TPSA) is 115 Å². The number of carbonyl (C=O) groups excluding carboxylic acids is 3. The van der Waals surface area contributed by atoms with Crippen molar-refractivity contribution in [3.63, 3.8) is 0 Å². The van der Waals surface area contributed by atoms with Gasteiger partial charge in [0.25, 0.3) is 5.91 Å². The number of pyridine rings is 1.